The number of fused-ring (bicyclic) bond motifs is 1. The molecule has 55 heavy (non-hydrogen) atoms. The van der Waals surface area contributed by atoms with Gasteiger partial charge in [0, 0.05) is 62.2 Å². The van der Waals surface area contributed by atoms with Gasteiger partial charge >= 0.3 is 5.97 Å². The van der Waals surface area contributed by atoms with Crippen LogP contribution in [0.15, 0.2) is 67.0 Å². The number of carbonyl (C=O) groups is 1. The maximum atomic E-state index is 12.4. The fourth-order valence-electron chi connectivity index (χ4n) is 7.69. The third-order valence-electron chi connectivity index (χ3n) is 11.1. The summed E-state index contributed by atoms with van der Waals surface area (Å²) >= 11 is 6.89. The number of aliphatic hydroxyl groups excluding tert-OH is 1. The molecule has 2 saturated heterocycles. The zero-order valence-corrected chi connectivity index (χ0v) is 32.1. The van der Waals surface area contributed by atoms with Crippen LogP contribution in [-0.4, -0.2) is 81.5 Å². The summed E-state index contributed by atoms with van der Waals surface area (Å²) < 4.78 is 25.2. The van der Waals surface area contributed by atoms with Crippen LogP contribution < -0.4 is 18.9 Å². The summed E-state index contributed by atoms with van der Waals surface area (Å²) in [5.74, 6) is 1.54. The van der Waals surface area contributed by atoms with Gasteiger partial charge in [0.25, 0.3) is 0 Å². The number of aromatic nitrogens is 1. The maximum absolute atomic E-state index is 12.4. The molecule has 2 N–H and O–H groups in total. The SMILES string of the molecule is Cc1c(COc2cc(OCc3cncc(C#N)c3)c(CN3CCCC[C@]3(C)C(=O)O)cc2Cl)cccc1-c1ccc2c(c1)OC(CCN1CC[C@@H](O)C1)CO2. The van der Waals surface area contributed by atoms with E-state index in [2.05, 4.69) is 28.9 Å². The Bertz CT molecular complexity index is 2070. The fraction of sp³-hybridized carbons (Fsp3) is 0.419. The predicted molar refractivity (Wildman–Crippen MR) is 208 cm³/mol. The van der Waals surface area contributed by atoms with Crippen LogP contribution in [0.4, 0.5) is 0 Å². The minimum absolute atomic E-state index is 0.0627. The molecule has 0 spiro atoms. The average molecular weight is 767 g/mol. The lowest BCUT2D eigenvalue weighted by Crippen LogP contribution is -2.54. The number of carboxylic acid groups (broad SMARTS) is 1. The smallest absolute Gasteiger partial charge is 0.323 e. The van der Waals surface area contributed by atoms with Gasteiger partial charge in [-0.3, -0.25) is 14.7 Å². The summed E-state index contributed by atoms with van der Waals surface area (Å²) in [7, 11) is 0. The van der Waals surface area contributed by atoms with Crippen molar-refractivity contribution in [1.82, 2.24) is 14.8 Å². The summed E-state index contributed by atoms with van der Waals surface area (Å²) in [6.45, 7) is 8.17. The normalized spacial score (nSPS) is 21.2. The van der Waals surface area contributed by atoms with E-state index in [1.165, 1.54) is 6.20 Å². The minimum Gasteiger partial charge on any atom is -0.488 e. The van der Waals surface area contributed by atoms with Gasteiger partial charge in [-0.2, -0.15) is 5.26 Å². The van der Waals surface area contributed by atoms with Crippen LogP contribution >= 0.6 is 11.6 Å². The molecule has 3 aromatic carbocycles. The number of hydrogen-bond acceptors (Lipinski definition) is 10. The molecular weight excluding hydrogens is 720 g/mol. The summed E-state index contributed by atoms with van der Waals surface area (Å²) in [4.78, 5) is 20.8. The number of aliphatic carboxylic acids is 1. The van der Waals surface area contributed by atoms with Gasteiger partial charge in [0.15, 0.2) is 11.5 Å². The maximum Gasteiger partial charge on any atom is 0.323 e. The van der Waals surface area contributed by atoms with E-state index in [0.717, 1.165) is 83.7 Å². The van der Waals surface area contributed by atoms with Crippen molar-refractivity contribution >= 4 is 17.6 Å². The number of β-amino-alcohol motifs (C(OH)–C–C–N with tert-alkyl or cyclic N) is 1. The number of nitrogens with zero attached hydrogens (tertiary/aromatic N) is 4. The number of nitriles is 1. The second-order valence-electron chi connectivity index (χ2n) is 15.0. The summed E-state index contributed by atoms with van der Waals surface area (Å²) in [5.41, 5.74) is 4.96. The molecule has 1 aromatic heterocycles. The van der Waals surface area contributed by atoms with Gasteiger partial charge in [-0.15, -0.1) is 0 Å². The van der Waals surface area contributed by atoms with Crippen molar-refractivity contribution in [1.29, 1.82) is 5.26 Å². The molecular formula is C43H47ClN4O7. The Morgan fingerprint density at radius 1 is 1.05 bits per heavy atom. The van der Waals surface area contributed by atoms with Crippen LogP contribution in [0, 0.1) is 18.3 Å². The van der Waals surface area contributed by atoms with Crippen molar-refractivity contribution in [3.63, 3.8) is 0 Å². The van der Waals surface area contributed by atoms with Crippen LogP contribution in [0.5, 0.6) is 23.0 Å². The standard InChI is InChI=1S/C43H47ClN4O7/c1-28-32(6-5-7-36(28)31-8-9-38-41(18-31)55-35(27-54-38)11-15-47-14-10-34(49)24-47)26-53-40-19-39(52-25-30-16-29(20-45)21-46-22-30)33(17-37(40)44)23-48-13-4-3-12-43(48,2)42(50)51/h5-9,16-19,21-22,34-35,49H,3-4,10-15,23-27H2,1-2H3,(H,50,51)/t34-,35?,43-/m1/s1. The van der Waals surface area contributed by atoms with E-state index in [1.54, 1.807) is 31.3 Å². The van der Waals surface area contributed by atoms with Gasteiger partial charge in [0.1, 0.15) is 49.0 Å². The molecule has 0 bridgehead atoms. The molecule has 0 saturated carbocycles. The first-order chi connectivity index (χ1) is 26.6. The van der Waals surface area contributed by atoms with E-state index < -0.39 is 11.5 Å². The highest BCUT2D eigenvalue weighted by Crippen LogP contribution is 2.40. The van der Waals surface area contributed by atoms with E-state index in [4.69, 9.17) is 30.5 Å². The number of benzene rings is 3. The van der Waals surface area contributed by atoms with Crippen molar-refractivity contribution in [2.75, 3.05) is 32.8 Å². The Hall–Kier alpha value is -4.86. The summed E-state index contributed by atoms with van der Waals surface area (Å²) in [6, 6.07) is 19.5. The van der Waals surface area contributed by atoms with Crippen molar-refractivity contribution in [3.8, 4) is 40.2 Å². The Balaban J connectivity index is 1.09. The highest BCUT2D eigenvalue weighted by atomic mass is 35.5. The Kier molecular flexibility index (Phi) is 11.8. The number of hydrogen-bond donors (Lipinski definition) is 2. The Morgan fingerprint density at radius 2 is 1.91 bits per heavy atom. The molecule has 4 heterocycles. The molecule has 4 aromatic rings. The number of likely N-dealkylation sites (tertiary alicyclic amines) is 2. The monoisotopic (exact) mass is 766 g/mol. The molecule has 0 aliphatic carbocycles. The first-order valence-corrected chi connectivity index (χ1v) is 19.3. The van der Waals surface area contributed by atoms with Crippen LogP contribution in [0.1, 0.15) is 66.8 Å². The van der Waals surface area contributed by atoms with Crippen LogP contribution in [0.2, 0.25) is 5.02 Å². The van der Waals surface area contributed by atoms with E-state index >= 15 is 0 Å². The Morgan fingerprint density at radius 3 is 2.71 bits per heavy atom. The molecule has 11 nitrogen and oxygen atoms in total. The van der Waals surface area contributed by atoms with E-state index in [1.807, 2.05) is 35.2 Å². The van der Waals surface area contributed by atoms with Gasteiger partial charge in [0.05, 0.1) is 16.7 Å². The van der Waals surface area contributed by atoms with Gasteiger partial charge < -0.3 is 34.1 Å². The van der Waals surface area contributed by atoms with Gasteiger partial charge in [0.2, 0.25) is 0 Å². The van der Waals surface area contributed by atoms with Gasteiger partial charge in [-0.05, 0) is 92.6 Å². The van der Waals surface area contributed by atoms with Gasteiger partial charge in [-0.1, -0.05) is 35.9 Å². The number of pyridine rings is 1. The van der Waals surface area contributed by atoms with E-state index in [0.29, 0.717) is 54.7 Å². The molecule has 7 rings (SSSR count). The zero-order chi connectivity index (χ0) is 38.5. The lowest BCUT2D eigenvalue weighted by atomic mass is 9.88. The predicted octanol–water partition coefficient (Wildman–Crippen LogP) is 7.17. The molecule has 0 amide bonds. The topological polar surface area (TPSA) is 138 Å². The molecule has 2 fully saturated rings. The van der Waals surface area contributed by atoms with Crippen LogP contribution in [0.25, 0.3) is 11.1 Å². The molecule has 3 atom stereocenters. The first kappa shape index (κ1) is 38.4. The number of carboxylic acids is 1. The third-order valence-corrected chi connectivity index (χ3v) is 11.4. The minimum atomic E-state index is -1.01. The lowest BCUT2D eigenvalue weighted by Gasteiger charge is -2.41. The highest BCUT2D eigenvalue weighted by Gasteiger charge is 2.41. The average Bonchev–Trinajstić information content (AvgIpc) is 3.62. The number of aliphatic hydroxyl groups is 1. The second kappa shape index (κ2) is 16.9. The van der Waals surface area contributed by atoms with Crippen molar-refractivity contribution in [2.45, 2.75) is 83.5 Å². The molecule has 3 aliphatic rings. The quantitative estimate of drug-likeness (QED) is 0.143. The molecule has 3 aliphatic heterocycles. The number of rotatable bonds is 13. The van der Waals surface area contributed by atoms with Crippen molar-refractivity contribution in [2.24, 2.45) is 0 Å². The molecule has 12 heteroatoms. The first-order valence-electron chi connectivity index (χ1n) is 18.9. The van der Waals surface area contributed by atoms with Crippen molar-refractivity contribution in [3.05, 3.63) is 99.8 Å². The zero-order valence-electron chi connectivity index (χ0n) is 31.3. The number of halogens is 1. The van der Waals surface area contributed by atoms with Crippen molar-refractivity contribution < 1.29 is 34.0 Å². The molecule has 0 radical (unpaired) electrons. The summed E-state index contributed by atoms with van der Waals surface area (Å²) in [6.07, 6.45) is 6.79. The van der Waals surface area contributed by atoms with E-state index in [-0.39, 0.29) is 25.4 Å². The van der Waals surface area contributed by atoms with E-state index in [9.17, 15) is 20.3 Å². The molecule has 288 valence electrons. The second-order valence-corrected chi connectivity index (χ2v) is 15.4. The van der Waals surface area contributed by atoms with Crippen LogP contribution in [-0.2, 0) is 24.6 Å². The Labute approximate surface area is 327 Å². The largest absolute Gasteiger partial charge is 0.488 e. The molecule has 1 unspecified atom stereocenters. The highest BCUT2D eigenvalue weighted by molar-refractivity contribution is 6.32. The van der Waals surface area contributed by atoms with Gasteiger partial charge in [-0.25, -0.2) is 0 Å². The number of piperidine rings is 1. The fourth-order valence-corrected chi connectivity index (χ4v) is 7.93. The third kappa shape index (κ3) is 8.84. The number of ether oxygens (including phenoxy) is 4. The van der Waals surface area contributed by atoms with Crippen LogP contribution in [0.3, 0.4) is 0 Å². The summed E-state index contributed by atoms with van der Waals surface area (Å²) in [5, 5.41) is 29.8. The lowest BCUT2D eigenvalue weighted by molar-refractivity contribution is -0.153.